The van der Waals surface area contributed by atoms with Crippen LogP contribution in [-0.2, 0) is 9.84 Å². The molecule has 0 aromatic heterocycles. The number of benzene rings is 1. The molecule has 0 amide bonds. The van der Waals surface area contributed by atoms with E-state index in [4.69, 9.17) is 0 Å². The number of nitrogens with zero attached hydrogens (tertiary/aromatic N) is 2. The zero-order chi connectivity index (χ0) is 15.1. The van der Waals surface area contributed by atoms with E-state index in [1.54, 1.807) is 0 Å². The Morgan fingerprint density at radius 3 is 2.30 bits per heavy atom. The molecule has 1 saturated heterocycles. The second-order valence-corrected chi connectivity index (χ2v) is 6.68. The number of para-hydroxylation sites is 1. The van der Waals surface area contributed by atoms with Crippen molar-refractivity contribution in [2.45, 2.75) is 17.1 Å². The number of anilines is 1. The minimum Gasteiger partial charge on any atom is -0.389 e. The molecule has 2 atom stereocenters. The van der Waals surface area contributed by atoms with E-state index in [0.717, 1.165) is 6.26 Å². The van der Waals surface area contributed by atoms with Crippen LogP contribution in [0.4, 0.5) is 11.4 Å². The Morgan fingerprint density at radius 2 is 1.85 bits per heavy atom. The Hall–Kier alpha value is -1.71. The fourth-order valence-electron chi connectivity index (χ4n) is 2.21. The SMILES string of the molecule is CS(=O)(=O)c1cccc(N2CC(O)C(O)C2)c1[N+](=O)[O-]. The predicted octanol–water partition coefficient (Wildman–Crippen LogP) is -0.460. The van der Waals surface area contributed by atoms with Gasteiger partial charge in [-0.3, -0.25) is 10.1 Å². The fourth-order valence-corrected chi connectivity index (χ4v) is 3.07. The van der Waals surface area contributed by atoms with E-state index < -0.39 is 32.7 Å². The van der Waals surface area contributed by atoms with Crippen molar-refractivity contribution < 1.29 is 23.6 Å². The fraction of sp³-hybridized carbons (Fsp3) is 0.455. The van der Waals surface area contributed by atoms with Crippen molar-refractivity contribution in [3.8, 4) is 0 Å². The average Bonchev–Trinajstić information content (AvgIpc) is 2.67. The minimum atomic E-state index is -3.75. The lowest BCUT2D eigenvalue weighted by atomic mass is 10.2. The van der Waals surface area contributed by atoms with Gasteiger partial charge in [-0.15, -0.1) is 0 Å². The van der Waals surface area contributed by atoms with E-state index in [1.807, 2.05) is 0 Å². The first-order chi connectivity index (χ1) is 9.21. The molecule has 1 aliphatic rings. The number of hydrogen-bond donors (Lipinski definition) is 2. The molecule has 8 nitrogen and oxygen atoms in total. The van der Waals surface area contributed by atoms with Crippen molar-refractivity contribution in [3.63, 3.8) is 0 Å². The lowest BCUT2D eigenvalue weighted by molar-refractivity contribution is -0.387. The van der Waals surface area contributed by atoms with Gasteiger partial charge < -0.3 is 15.1 Å². The van der Waals surface area contributed by atoms with Gasteiger partial charge in [-0.05, 0) is 12.1 Å². The normalized spacial score (nSPS) is 23.1. The topological polar surface area (TPSA) is 121 Å². The van der Waals surface area contributed by atoms with Crippen LogP contribution in [0.3, 0.4) is 0 Å². The number of sulfone groups is 1. The van der Waals surface area contributed by atoms with Crippen LogP contribution in [0.2, 0.25) is 0 Å². The van der Waals surface area contributed by atoms with Gasteiger partial charge in [0.25, 0.3) is 0 Å². The smallest absolute Gasteiger partial charge is 0.311 e. The molecular formula is C11H14N2O6S. The number of hydrogen-bond acceptors (Lipinski definition) is 7. The van der Waals surface area contributed by atoms with Crippen LogP contribution in [0.15, 0.2) is 23.1 Å². The maximum absolute atomic E-state index is 11.6. The number of aliphatic hydroxyl groups excluding tert-OH is 2. The van der Waals surface area contributed by atoms with E-state index >= 15 is 0 Å². The van der Waals surface area contributed by atoms with Crippen LogP contribution < -0.4 is 4.90 Å². The summed E-state index contributed by atoms with van der Waals surface area (Å²) in [5.41, 5.74) is -0.454. The number of nitro benzene ring substituents is 1. The summed E-state index contributed by atoms with van der Waals surface area (Å²) in [6.45, 7) is 0.0183. The highest BCUT2D eigenvalue weighted by Crippen LogP contribution is 2.36. The number of aliphatic hydroxyl groups is 2. The summed E-state index contributed by atoms with van der Waals surface area (Å²) < 4.78 is 23.3. The molecule has 0 saturated carbocycles. The van der Waals surface area contributed by atoms with Crippen LogP contribution in [0, 0.1) is 10.1 Å². The first-order valence-electron chi connectivity index (χ1n) is 5.80. The summed E-state index contributed by atoms with van der Waals surface area (Å²) in [5, 5.41) is 30.2. The average molecular weight is 302 g/mol. The van der Waals surface area contributed by atoms with Crippen LogP contribution >= 0.6 is 0 Å². The van der Waals surface area contributed by atoms with Crippen molar-refractivity contribution in [2.24, 2.45) is 0 Å². The van der Waals surface area contributed by atoms with Crippen molar-refractivity contribution >= 4 is 21.2 Å². The van der Waals surface area contributed by atoms with E-state index in [1.165, 1.54) is 23.1 Å². The largest absolute Gasteiger partial charge is 0.389 e. The molecule has 2 rings (SSSR count). The zero-order valence-corrected chi connectivity index (χ0v) is 11.4. The Labute approximate surface area is 115 Å². The maximum atomic E-state index is 11.6. The first-order valence-corrected chi connectivity index (χ1v) is 7.69. The van der Waals surface area contributed by atoms with Crippen molar-refractivity contribution in [1.29, 1.82) is 0 Å². The quantitative estimate of drug-likeness (QED) is 0.572. The molecule has 0 aliphatic carbocycles. The third kappa shape index (κ3) is 2.60. The highest BCUT2D eigenvalue weighted by atomic mass is 32.2. The van der Waals surface area contributed by atoms with Crippen molar-refractivity contribution in [1.82, 2.24) is 0 Å². The lowest BCUT2D eigenvalue weighted by Crippen LogP contribution is -2.22. The van der Waals surface area contributed by atoms with Gasteiger partial charge >= 0.3 is 5.69 Å². The van der Waals surface area contributed by atoms with E-state index in [9.17, 15) is 28.7 Å². The second-order valence-electron chi connectivity index (χ2n) is 4.69. The molecule has 0 spiro atoms. The number of β-amino-alcohol motifs (C(OH)–C–C–N with tert-alkyl or cyclic N) is 2. The number of rotatable bonds is 3. The Kier molecular flexibility index (Phi) is 3.67. The van der Waals surface area contributed by atoms with Crippen LogP contribution in [0.5, 0.6) is 0 Å². The van der Waals surface area contributed by atoms with Gasteiger partial charge in [0, 0.05) is 19.3 Å². The van der Waals surface area contributed by atoms with Crippen molar-refractivity contribution in [2.75, 3.05) is 24.2 Å². The monoisotopic (exact) mass is 302 g/mol. The maximum Gasteiger partial charge on any atom is 0.311 e. The molecule has 1 aromatic rings. The first kappa shape index (κ1) is 14.7. The molecule has 9 heteroatoms. The molecule has 0 radical (unpaired) electrons. The van der Waals surface area contributed by atoms with Gasteiger partial charge in [-0.1, -0.05) is 6.07 Å². The molecule has 2 unspecified atom stereocenters. The molecule has 110 valence electrons. The van der Waals surface area contributed by atoms with Gasteiger partial charge in [0.05, 0.1) is 17.1 Å². The molecule has 1 fully saturated rings. The minimum absolute atomic E-state index is 0.00915. The number of nitro groups is 1. The highest BCUT2D eigenvalue weighted by molar-refractivity contribution is 7.90. The van der Waals surface area contributed by atoms with Gasteiger partial charge in [-0.2, -0.15) is 0 Å². The highest BCUT2D eigenvalue weighted by Gasteiger charge is 2.35. The van der Waals surface area contributed by atoms with Crippen molar-refractivity contribution in [3.05, 3.63) is 28.3 Å². The van der Waals surface area contributed by atoms with E-state index in [0.29, 0.717) is 0 Å². The molecule has 20 heavy (non-hydrogen) atoms. The standard InChI is InChI=1S/C11H14N2O6S/c1-20(18,19)10-4-2-3-7(11(10)13(16)17)12-5-8(14)9(15)6-12/h2-4,8-9,14-15H,5-6H2,1H3. The molecule has 2 N–H and O–H groups in total. The summed E-state index contributed by atoms with van der Waals surface area (Å²) in [6.07, 6.45) is -1.14. The Bertz CT molecular complexity index is 634. The summed E-state index contributed by atoms with van der Waals surface area (Å²) in [7, 11) is -3.75. The van der Waals surface area contributed by atoms with Gasteiger partial charge in [0.1, 0.15) is 10.6 Å². The van der Waals surface area contributed by atoms with Crippen LogP contribution in [0.1, 0.15) is 0 Å². The summed E-state index contributed by atoms with van der Waals surface area (Å²) in [6, 6.07) is 3.97. The third-order valence-corrected chi connectivity index (χ3v) is 4.29. The van der Waals surface area contributed by atoms with Crippen LogP contribution in [-0.4, -0.2) is 55.1 Å². The molecule has 1 aromatic carbocycles. The van der Waals surface area contributed by atoms with Gasteiger partial charge in [0.15, 0.2) is 9.84 Å². The molecule has 0 bridgehead atoms. The van der Waals surface area contributed by atoms with Gasteiger partial charge in [0.2, 0.25) is 0 Å². The third-order valence-electron chi connectivity index (χ3n) is 3.16. The Balaban J connectivity index is 2.57. The molecule has 1 aliphatic heterocycles. The summed E-state index contributed by atoms with van der Waals surface area (Å²) in [5.74, 6) is 0. The second kappa shape index (κ2) is 5.00. The molecular weight excluding hydrogens is 288 g/mol. The summed E-state index contributed by atoms with van der Waals surface area (Å²) in [4.78, 5) is 11.5. The molecule has 1 heterocycles. The Morgan fingerprint density at radius 1 is 1.30 bits per heavy atom. The van der Waals surface area contributed by atoms with Gasteiger partial charge in [-0.25, -0.2) is 8.42 Å². The van der Waals surface area contributed by atoms with E-state index in [-0.39, 0.29) is 23.7 Å². The lowest BCUT2D eigenvalue weighted by Gasteiger charge is -2.18. The zero-order valence-electron chi connectivity index (χ0n) is 10.6. The summed E-state index contributed by atoms with van der Waals surface area (Å²) >= 11 is 0. The van der Waals surface area contributed by atoms with E-state index in [2.05, 4.69) is 0 Å². The predicted molar refractivity (Wildman–Crippen MR) is 70.4 cm³/mol. The van der Waals surface area contributed by atoms with Crippen LogP contribution in [0.25, 0.3) is 0 Å².